The number of hydrogen-bond donors (Lipinski definition) is 9. The van der Waals surface area contributed by atoms with Gasteiger partial charge in [-0.05, 0) is 0 Å². The molecule has 0 radical (unpaired) electrons. The van der Waals surface area contributed by atoms with Crippen molar-refractivity contribution in [2.45, 2.75) is 5.66 Å². The van der Waals surface area contributed by atoms with Crippen LogP contribution in [0.15, 0.2) is 18.7 Å². The first-order chi connectivity index (χ1) is 13.2. The van der Waals surface area contributed by atoms with Crippen molar-refractivity contribution in [1.82, 2.24) is 30.4 Å². The van der Waals surface area contributed by atoms with Gasteiger partial charge in [0.05, 0.1) is 12.9 Å². The molecule has 0 bridgehead atoms. The number of aromatic amines is 1. The van der Waals surface area contributed by atoms with Gasteiger partial charge in [0, 0.05) is 12.4 Å². The summed E-state index contributed by atoms with van der Waals surface area (Å²) in [6.07, 6.45) is 5.08. The summed E-state index contributed by atoms with van der Waals surface area (Å²) < 4.78 is 0. The smallest absolute Gasteiger partial charge is 0.328 e. The zero-order valence-electron chi connectivity index (χ0n) is 14.5. The summed E-state index contributed by atoms with van der Waals surface area (Å²) in [7, 11) is 0. The van der Waals surface area contributed by atoms with Crippen LogP contribution < -0.4 is 22.1 Å². The number of imide groups is 1. The fourth-order valence-corrected chi connectivity index (χ4v) is 1.97. The molecular formula is C12H22N8O8. The molecule has 16 nitrogen and oxygen atoms in total. The van der Waals surface area contributed by atoms with E-state index < -0.39 is 56.5 Å². The van der Waals surface area contributed by atoms with Gasteiger partial charge in [-0.3, -0.25) is 19.9 Å². The first-order valence-corrected chi connectivity index (χ1v) is 7.32. The maximum absolute atomic E-state index is 11.8. The highest BCUT2D eigenvalue weighted by molar-refractivity contribution is 6.08. The molecule has 1 aromatic rings. The van der Waals surface area contributed by atoms with E-state index in [1.165, 1.54) is 0 Å². The van der Waals surface area contributed by atoms with Crippen molar-refractivity contribution >= 4 is 24.0 Å². The molecular weight excluding hydrogens is 384 g/mol. The van der Waals surface area contributed by atoms with Gasteiger partial charge in [0.1, 0.15) is 20.2 Å². The summed E-state index contributed by atoms with van der Waals surface area (Å²) >= 11 is 0. The highest BCUT2D eigenvalue weighted by atomic mass is 16.3. The molecule has 28 heavy (non-hydrogen) atoms. The number of aliphatic hydroxyl groups is 4. The molecule has 1 atom stereocenters. The van der Waals surface area contributed by atoms with E-state index in [1.54, 1.807) is 24.0 Å². The average Bonchev–Trinajstić information content (AvgIpc) is 3.27. The van der Waals surface area contributed by atoms with Gasteiger partial charge in [0.25, 0.3) is 5.91 Å². The Hall–Kier alpha value is -3.47. The molecule has 1 fully saturated rings. The lowest BCUT2D eigenvalue weighted by Gasteiger charge is -2.40. The maximum Gasteiger partial charge on any atom is 0.328 e. The number of aliphatic hydroxyl groups excluding tert-OH is 4. The third-order valence-electron chi connectivity index (χ3n) is 3.11. The number of imidazole rings is 1. The number of hydrogen-bond acceptors (Lipinski definition) is 9. The zero-order chi connectivity index (χ0) is 21.7. The number of nitrogens with one attached hydrogen (secondary N) is 3. The number of H-pyrrole nitrogens is 1. The monoisotopic (exact) mass is 406 g/mol. The van der Waals surface area contributed by atoms with Gasteiger partial charge in [0.15, 0.2) is 0 Å². The third-order valence-corrected chi connectivity index (χ3v) is 3.11. The van der Waals surface area contributed by atoms with Crippen LogP contribution in [0.25, 0.3) is 0 Å². The quantitative estimate of drug-likeness (QED) is 0.168. The van der Waals surface area contributed by atoms with Crippen LogP contribution in [0.1, 0.15) is 0 Å². The van der Waals surface area contributed by atoms with Gasteiger partial charge in [0.2, 0.25) is 5.66 Å². The maximum atomic E-state index is 11.8. The summed E-state index contributed by atoms with van der Waals surface area (Å²) in [5.74, 6) is -1.09. The molecule has 0 spiro atoms. The van der Waals surface area contributed by atoms with Gasteiger partial charge in [-0.2, -0.15) is 0 Å². The number of carbonyl (C=O) groups is 4. The van der Waals surface area contributed by atoms with E-state index in [0.717, 1.165) is 0 Å². The van der Waals surface area contributed by atoms with Crippen LogP contribution >= 0.6 is 0 Å². The number of nitrogens with zero attached hydrogens (tertiary/aromatic N) is 3. The summed E-state index contributed by atoms with van der Waals surface area (Å²) in [6, 6.07) is -2.97. The van der Waals surface area contributed by atoms with Crippen molar-refractivity contribution in [3.05, 3.63) is 18.7 Å². The predicted molar refractivity (Wildman–Crippen MR) is 89.2 cm³/mol. The Morgan fingerprint density at radius 1 is 1.25 bits per heavy atom. The fourth-order valence-electron chi connectivity index (χ4n) is 1.97. The summed E-state index contributed by atoms with van der Waals surface area (Å²) in [5, 5.41) is 39.9. The Morgan fingerprint density at radius 2 is 1.86 bits per heavy atom. The van der Waals surface area contributed by atoms with Gasteiger partial charge < -0.3 is 42.2 Å². The number of urea groups is 3. The van der Waals surface area contributed by atoms with E-state index >= 15 is 0 Å². The van der Waals surface area contributed by atoms with E-state index in [9.17, 15) is 19.5 Å². The molecule has 1 aliphatic rings. The van der Waals surface area contributed by atoms with Crippen molar-refractivity contribution < 1.29 is 39.6 Å². The number of nitrogens with two attached hydrogens (primary N) is 2. The van der Waals surface area contributed by atoms with Crippen molar-refractivity contribution in [1.29, 1.82) is 0 Å². The highest BCUT2D eigenvalue weighted by Gasteiger charge is 2.58. The third kappa shape index (κ3) is 6.06. The Kier molecular flexibility index (Phi) is 10.5. The highest BCUT2D eigenvalue weighted by Crippen LogP contribution is 2.25. The standard InChI is InChI=1S/C8H14N4O7.C3H4N2.CH4N2O/c13-1-8(11(3-15)6(18)9-2-14)5(17)10-7(19)12(8)4-16;1-2-5-3-4-1;2-1(3)4/h13-16H,1-4H2,(H,9,18)(H,10,17,19);1-3H,(H,4,5);(H4,2,3,4). The van der Waals surface area contributed by atoms with Crippen LogP contribution in [0, 0.1) is 0 Å². The average molecular weight is 406 g/mol. The SMILES string of the molecule is NC(N)=O.O=C(NCO)N(CO)C1(CO)C(=O)NC(=O)N1CO.c1c[nH]cn1. The largest absolute Gasteiger partial charge is 0.391 e. The minimum Gasteiger partial charge on any atom is -0.391 e. The Balaban J connectivity index is 0.000000662. The second kappa shape index (κ2) is 12.0. The lowest BCUT2D eigenvalue weighted by Crippen LogP contribution is -2.68. The molecule has 2 rings (SSSR count). The van der Waals surface area contributed by atoms with Gasteiger partial charge in [-0.25, -0.2) is 19.4 Å². The second-order valence-electron chi connectivity index (χ2n) is 4.68. The number of rotatable bonds is 5. The second-order valence-corrected chi connectivity index (χ2v) is 4.68. The van der Waals surface area contributed by atoms with Crippen molar-refractivity contribution in [2.75, 3.05) is 26.8 Å². The molecule has 16 heteroatoms. The molecule has 1 saturated heterocycles. The molecule has 1 aromatic heterocycles. The van der Waals surface area contributed by atoms with Gasteiger partial charge in [-0.15, -0.1) is 0 Å². The van der Waals surface area contributed by atoms with E-state index in [0.29, 0.717) is 9.80 Å². The number of amides is 7. The van der Waals surface area contributed by atoms with Crippen molar-refractivity contribution in [3.63, 3.8) is 0 Å². The lowest BCUT2D eigenvalue weighted by atomic mass is 10.1. The predicted octanol–water partition coefficient (Wildman–Crippen LogP) is -4.48. The molecule has 2 heterocycles. The molecule has 0 aliphatic carbocycles. The first-order valence-electron chi connectivity index (χ1n) is 7.32. The molecule has 0 saturated carbocycles. The van der Waals surface area contributed by atoms with E-state index in [-0.39, 0.29) is 0 Å². The number of primary amides is 2. The Morgan fingerprint density at radius 3 is 2.18 bits per heavy atom. The van der Waals surface area contributed by atoms with E-state index in [2.05, 4.69) is 21.4 Å². The van der Waals surface area contributed by atoms with Crippen LogP contribution in [0.4, 0.5) is 14.4 Å². The van der Waals surface area contributed by atoms with E-state index in [4.69, 9.17) is 20.1 Å². The van der Waals surface area contributed by atoms with Crippen LogP contribution in [0.3, 0.4) is 0 Å². The minimum absolute atomic E-state index is 0.402. The van der Waals surface area contributed by atoms with Crippen LogP contribution in [0.5, 0.6) is 0 Å². The van der Waals surface area contributed by atoms with Crippen molar-refractivity contribution in [3.8, 4) is 0 Å². The zero-order valence-corrected chi connectivity index (χ0v) is 14.5. The summed E-state index contributed by atoms with van der Waals surface area (Å²) in [6.45, 7) is -3.85. The molecule has 11 N–H and O–H groups in total. The molecule has 7 amide bonds. The van der Waals surface area contributed by atoms with Crippen LogP contribution in [-0.2, 0) is 4.79 Å². The van der Waals surface area contributed by atoms with Gasteiger partial charge >= 0.3 is 18.1 Å². The minimum atomic E-state index is -2.28. The number of carbonyl (C=O) groups excluding carboxylic acids is 4. The molecule has 0 aromatic carbocycles. The van der Waals surface area contributed by atoms with E-state index in [1.807, 2.05) is 5.32 Å². The van der Waals surface area contributed by atoms with Crippen LogP contribution in [-0.4, -0.2) is 96.7 Å². The van der Waals surface area contributed by atoms with Crippen LogP contribution in [0.2, 0.25) is 0 Å². The summed E-state index contributed by atoms with van der Waals surface area (Å²) in [4.78, 5) is 51.1. The molecule has 158 valence electrons. The number of aromatic nitrogens is 2. The molecule has 1 unspecified atom stereocenters. The van der Waals surface area contributed by atoms with Crippen molar-refractivity contribution in [2.24, 2.45) is 11.5 Å². The Labute approximate surface area is 157 Å². The topological polar surface area (TPSA) is 260 Å². The fraction of sp³-hybridized carbons (Fsp3) is 0.417. The summed E-state index contributed by atoms with van der Waals surface area (Å²) in [5.41, 5.74) is 6.22. The lowest BCUT2D eigenvalue weighted by molar-refractivity contribution is -0.147. The van der Waals surface area contributed by atoms with Gasteiger partial charge in [-0.1, -0.05) is 0 Å². The molecule has 1 aliphatic heterocycles. The normalized spacial score (nSPS) is 17.5. The first kappa shape index (κ1) is 24.5. The Bertz CT molecular complexity index is 620.